The van der Waals surface area contributed by atoms with Crippen molar-refractivity contribution in [3.63, 3.8) is 0 Å². The summed E-state index contributed by atoms with van der Waals surface area (Å²) < 4.78 is 5.50. The molecule has 0 aromatic heterocycles. The summed E-state index contributed by atoms with van der Waals surface area (Å²) in [5.74, 6) is -1.92. The van der Waals surface area contributed by atoms with E-state index in [4.69, 9.17) is 4.74 Å². The summed E-state index contributed by atoms with van der Waals surface area (Å²) in [6.07, 6.45) is 0. The molecule has 1 saturated carbocycles. The van der Waals surface area contributed by atoms with Crippen molar-refractivity contribution in [3.05, 3.63) is 65.7 Å². The summed E-state index contributed by atoms with van der Waals surface area (Å²) in [4.78, 5) is 39.4. The maximum absolute atomic E-state index is 13.2. The molecule has 144 valence electrons. The summed E-state index contributed by atoms with van der Waals surface area (Å²) in [5, 5.41) is 2.86. The molecular weight excluding hydrogens is 354 g/mol. The van der Waals surface area contributed by atoms with E-state index in [0.717, 1.165) is 11.1 Å². The molecule has 0 saturated heterocycles. The Morgan fingerprint density at radius 2 is 1.68 bits per heavy atom. The molecule has 2 aromatic carbocycles. The second-order valence-corrected chi connectivity index (χ2v) is 8.53. The SMILES string of the molecule is CC(C)(C)C(=O)[C@@H]1[C@@H]2c3ccccc3OC(=O)[C@]12C(=O)NCc1ccccc1. The molecule has 1 aliphatic heterocycles. The molecule has 1 aliphatic carbocycles. The van der Waals surface area contributed by atoms with Gasteiger partial charge in [0.15, 0.2) is 5.41 Å². The molecule has 4 rings (SSSR count). The van der Waals surface area contributed by atoms with Gasteiger partial charge in [-0.05, 0) is 11.6 Å². The largest absolute Gasteiger partial charge is 0.425 e. The third-order valence-corrected chi connectivity index (χ3v) is 5.69. The van der Waals surface area contributed by atoms with Gasteiger partial charge in [-0.3, -0.25) is 14.4 Å². The lowest BCUT2D eigenvalue weighted by molar-refractivity contribution is -0.150. The highest BCUT2D eigenvalue weighted by Gasteiger charge is 2.80. The number of carbonyl (C=O) groups excluding carboxylic acids is 3. The zero-order valence-electron chi connectivity index (χ0n) is 16.2. The van der Waals surface area contributed by atoms with E-state index in [2.05, 4.69) is 5.32 Å². The van der Waals surface area contributed by atoms with Gasteiger partial charge in [0.25, 0.3) is 0 Å². The molecule has 1 heterocycles. The first kappa shape index (κ1) is 18.4. The molecule has 1 N–H and O–H groups in total. The van der Waals surface area contributed by atoms with Gasteiger partial charge in [-0.2, -0.15) is 0 Å². The van der Waals surface area contributed by atoms with Gasteiger partial charge in [-0.25, -0.2) is 0 Å². The number of rotatable bonds is 4. The van der Waals surface area contributed by atoms with E-state index in [1.165, 1.54) is 0 Å². The highest BCUT2D eigenvalue weighted by molar-refractivity contribution is 6.16. The molecule has 0 spiro atoms. The molecule has 1 fully saturated rings. The molecule has 28 heavy (non-hydrogen) atoms. The third kappa shape index (κ3) is 2.65. The van der Waals surface area contributed by atoms with Crippen molar-refractivity contribution in [2.45, 2.75) is 33.2 Å². The van der Waals surface area contributed by atoms with Crippen LogP contribution in [0.15, 0.2) is 54.6 Å². The summed E-state index contributed by atoms with van der Waals surface area (Å²) in [5.41, 5.74) is -0.468. The molecule has 2 aromatic rings. The predicted molar refractivity (Wildman–Crippen MR) is 103 cm³/mol. The first-order chi connectivity index (χ1) is 13.3. The van der Waals surface area contributed by atoms with Gasteiger partial charge < -0.3 is 10.1 Å². The summed E-state index contributed by atoms with van der Waals surface area (Å²) in [7, 11) is 0. The number of carbonyl (C=O) groups is 3. The van der Waals surface area contributed by atoms with Gasteiger partial charge in [-0.15, -0.1) is 0 Å². The van der Waals surface area contributed by atoms with E-state index < -0.39 is 34.5 Å². The van der Waals surface area contributed by atoms with E-state index in [1.807, 2.05) is 63.2 Å². The second-order valence-electron chi connectivity index (χ2n) is 8.53. The normalized spacial score (nSPS) is 25.2. The van der Waals surface area contributed by atoms with Crippen LogP contribution < -0.4 is 10.1 Å². The first-order valence-electron chi connectivity index (χ1n) is 9.45. The van der Waals surface area contributed by atoms with Crippen LogP contribution in [0.4, 0.5) is 0 Å². The van der Waals surface area contributed by atoms with E-state index in [0.29, 0.717) is 12.3 Å². The number of amides is 1. The average Bonchev–Trinajstić information content (AvgIpc) is 3.38. The van der Waals surface area contributed by atoms with Gasteiger partial charge in [0, 0.05) is 23.4 Å². The molecule has 5 nitrogen and oxygen atoms in total. The van der Waals surface area contributed by atoms with Crippen molar-refractivity contribution in [3.8, 4) is 5.75 Å². The van der Waals surface area contributed by atoms with E-state index >= 15 is 0 Å². The minimum absolute atomic E-state index is 0.0963. The lowest BCUT2D eigenvalue weighted by Gasteiger charge is -2.23. The van der Waals surface area contributed by atoms with Crippen molar-refractivity contribution in [2.75, 3.05) is 0 Å². The molecule has 3 atom stereocenters. The monoisotopic (exact) mass is 377 g/mol. The summed E-state index contributed by atoms with van der Waals surface area (Å²) in [6, 6.07) is 16.6. The highest BCUT2D eigenvalue weighted by atomic mass is 16.5. The number of nitrogens with one attached hydrogen (secondary N) is 1. The van der Waals surface area contributed by atoms with E-state index in [1.54, 1.807) is 12.1 Å². The molecule has 0 radical (unpaired) electrons. The molecule has 1 amide bonds. The number of ether oxygens (including phenoxy) is 1. The Hall–Kier alpha value is -2.95. The molecular formula is C23H23NO4. The Balaban J connectivity index is 1.70. The Kier molecular flexibility index (Phi) is 4.14. The Morgan fingerprint density at radius 3 is 2.36 bits per heavy atom. The zero-order chi connectivity index (χ0) is 20.1. The van der Waals surface area contributed by atoms with Crippen molar-refractivity contribution in [1.82, 2.24) is 5.32 Å². The fourth-order valence-electron chi connectivity index (χ4n) is 4.21. The molecule has 5 heteroatoms. The van der Waals surface area contributed by atoms with E-state index in [-0.39, 0.29) is 5.78 Å². The van der Waals surface area contributed by atoms with E-state index in [9.17, 15) is 14.4 Å². The number of benzene rings is 2. The lowest BCUT2D eigenvalue weighted by Crippen LogP contribution is -2.44. The second kappa shape index (κ2) is 6.30. The number of para-hydroxylation sites is 1. The first-order valence-corrected chi connectivity index (χ1v) is 9.45. The minimum Gasteiger partial charge on any atom is -0.425 e. The van der Waals surface area contributed by atoms with Crippen LogP contribution in [-0.2, 0) is 20.9 Å². The minimum atomic E-state index is -1.48. The standard InChI is InChI=1S/C23H23NO4/c1-22(2,3)19(25)18-17-15-11-7-8-12-16(15)28-21(27)23(17,18)20(26)24-13-14-9-5-4-6-10-14/h4-12,17-18H,13H2,1-3H3,(H,24,26)/t17-,18-,23-/m0/s1. The van der Waals surface area contributed by atoms with Crippen molar-refractivity contribution >= 4 is 17.7 Å². The van der Waals surface area contributed by atoms with Crippen molar-refractivity contribution in [1.29, 1.82) is 0 Å². The van der Waals surface area contributed by atoms with Gasteiger partial charge in [0.1, 0.15) is 11.5 Å². The topological polar surface area (TPSA) is 72.5 Å². The summed E-state index contributed by atoms with van der Waals surface area (Å²) >= 11 is 0. The maximum atomic E-state index is 13.2. The van der Waals surface area contributed by atoms with Gasteiger partial charge in [0.2, 0.25) is 5.91 Å². The fraction of sp³-hybridized carbons (Fsp3) is 0.348. The van der Waals surface area contributed by atoms with Crippen LogP contribution in [0.2, 0.25) is 0 Å². The average molecular weight is 377 g/mol. The van der Waals surface area contributed by atoms with Crippen LogP contribution in [0, 0.1) is 16.7 Å². The number of esters is 1. The third-order valence-electron chi connectivity index (χ3n) is 5.69. The molecule has 0 unspecified atom stereocenters. The van der Waals surface area contributed by atoms with Gasteiger partial charge in [0.05, 0.1) is 5.92 Å². The zero-order valence-corrected chi connectivity index (χ0v) is 16.2. The Morgan fingerprint density at radius 1 is 1.04 bits per heavy atom. The predicted octanol–water partition coefficient (Wildman–Crippen LogP) is 3.24. The van der Waals surface area contributed by atoms with Crippen LogP contribution in [0.3, 0.4) is 0 Å². The number of ketones is 1. The fourth-order valence-corrected chi connectivity index (χ4v) is 4.21. The maximum Gasteiger partial charge on any atom is 0.328 e. The van der Waals surface area contributed by atoms with Gasteiger partial charge >= 0.3 is 5.97 Å². The molecule has 2 aliphatic rings. The number of fused-ring (bicyclic) bond motifs is 3. The quantitative estimate of drug-likeness (QED) is 0.504. The van der Waals surface area contributed by atoms with Crippen molar-refractivity contribution < 1.29 is 19.1 Å². The van der Waals surface area contributed by atoms with Crippen LogP contribution in [0.1, 0.15) is 37.8 Å². The highest BCUT2D eigenvalue weighted by Crippen LogP contribution is 2.70. The van der Waals surface area contributed by atoms with Crippen LogP contribution in [0.25, 0.3) is 0 Å². The Labute approximate surface area is 164 Å². The number of hydrogen-bond donors (Lipinski definition) is 1. The Bertz CT molecular complexity index is 960. The lowest BCUT2D eigenvalue weighted by atomic mass is 9.85. The summed E-state index contributed by atoms with van der Waals surface area (Å²) in [6.45, 7) is 5.73. The van der Waals surface area contributed by atoms with Crippen LogP contribution in [0.5, 0.6) is 5.75 Å². The number of hydrogen-bond acceptors (Lipinski definition) is 4. The molecule has 0 bridgehead atoms. The smallest absolute Gasteiger partial charge is 0.328 e. The van der Waals surface area contributed by atoms with Gasteiger partial charge in [-0.1, -0.05) is 69.3 Å². The van der Waals surface area contributed by atoms with Crippen LogP contribution >= 0.6 is 0 Å². The van der Waals surface area contributed by atoms with Crippen molar-refractivity contribution in [2.24, 2.45) is 16.7 Å². The number of Topliss-reactive ketones (excluding diaryl/α,β-unsaturated/α-hetero) is 1. The van der Waals surface area contributed by atoms with Crippen LogP contribution in [-0.4, -0.2) is 17.7 Å².